The predicted octanol–water partition coefficient (Wildman–Crippen LogP) is 24.6. The maximum Gasteiger partial charge on any atom is 0.306 e. The monoisotopic (exact) mass is 1150 g/mol. The second kappa shape index (κ2) is 70.6. The van der Waals surface area contributed by atoms with Gasteiger partial charge in [0, 0.05) is 19.3 Å². The second-order valence-corrected chi connectivity index (χ2v) is 23.4. The quantitative estimate of drug-likeness (QED) is 0.0261. The molecule has 0 aromatic carbocycles. The van der Waals surface area contributed by atoms with Crippen molar-refractivity contribution in [3.63, 3.8) is 0 Å². The van der Waals surface area contributed by atoms with E-state index >= 15 is 0 Å². The molecule has 0 saturated carbocycles. The summed E-state index contributed by atoms with van der Waals surface area (Å²) in [6.07, 6.45) is 96.7. The minimum absolute atomic E-state index is 0.0792. The molecular weight excluding hydrogens is 1020 g/mol. The van der Waals surface area contributed by atoms with Crippen molar-refractivity contribution in [2.45, 2.75) is 348 Å². The first kappa shape index (κ1) is 79.1. The third kappa shape index (κ3) is 68.7. The lowest BCUT2D eigenvalue weighted by Gasteiger charge is -2.18. The van der Waals surface area contributed by atoms with Crippen molar-refractivity contribution >= 4 is 17.9 Å². The zero-order chi connectivity index (χ0) is 59.9. The van der Waals surface area contributed by atoms with Gasteiger partial charge in [0.25, 0.3) is 0 Å². The van der Waals surface area contributed by atoms with Crippen LogP contribution in [0, 0.1) is 0 Å². The molecule has 0 saturated heterocycles. The predicted molar refractivity (Wildman–Crippen MR) is 362 cm³/mol. The molecule has 0 amide bonds. The van der Waals surface area contributed by atoms with Crippen LogP contribution in [0.15, 0.2) is 109 Å². The van der Waals surface area contributed by atoms with Crippen molar-refractivity contribution in [3.8, 4) is 0 Å². The average Bonchev–Trinajstić information content (AvgIpc) is 3.49. The molecule has 1 atom stereocenters. The summed E-state index contributed by atoms with van der Waals surface area (Å²) in [5.41, 5.74) is 0. The Kier molecular flexibility index (Phi) is 67.2. The molecule has 0 spiro atoms. The van der Waals surface area contributed by atoms with Crippen molar-refractivity contribution in [1.29, 1.82) is 0 Å². The van der Waals surface area contributed by atoms with Crippen molar-refractivity contribution in [1.82, 2.24) is 0 Å². The maximum atomic E-state index is 13.0. The van der Waals surface area contributed by atoms with Gasteiger partial charge in [0.15, 0.2) is 6.10 Å². The largest absolute Gasteiger partial charge is 0.462 e. The molecule has 0 aliphatic heterocycles. The summed E-state index contributed by atoms with van der Waals surface area (Å²) in [5.74, 6) is -0.874. The van der Waals surface area contributed by atoms with E-state index in [1.165, 1.54) is 180 Å². The van der Waals surface area contributed by atoms with E-state index in [1.807, 2.05) is 0 Å². The van der Waals surface area contributed by atoms with Gasteiger partial charge in [0.2, 0.25) is 0 Å². The van der Waals surface area contributed by atoms with Crippen LogP contribution in [-0.4, -0.2) is 37.2 Å². The summed E-state index contributed by atoms with van der Waals surface area (Å²) >= 11 is 0. The van der Waals surface area contributed by atoms with Crippen molar-refractivity contribution < 1.29 is 28.6 Å². The van der Waals surface area contributed by atoms with Crippen molar-refractivity contribution in [3.05, 3.63) is 109 Å². The molecule has 6 heteroatoms. The van der Waals surface area contributed by atoms with Gasteiger partial charge in [-0.3, -0.25) is 14.4 Å². The second-order valence-electron chi connectivity index (χ2n) is 23.4. The standard InChI is InChI=1S/C77H132O6/c1-4-7-10-13-16-19-22-25-28-31-33-35-36-37-38-39-40-42-43-46-49-52-55-58-61-64-67-70-76(79)82-73-74(72-81-75(78)69-66-63-60-57-54-51-48-45-30-27-24-21-18-15-12-9-6-3)83-77(80)71-68-65-62-59-56-53-50-47-44-41-34-32-29-26-23-20-17-14-11-8-5-2/h7-8,10-11,16-17,19-20,25-26,28-29,33-35,37-38,41,74H,4-6,9,12-15,18,21-24,27,30-32,36,39-40,42-73H2,1-3H3/b10-7-,11-8-,19-16-,20-17-,28-25-,29-26-,35-33-,38-37-,41-34-. The molecule has 1 unspecified atom stereocenters. The highest BCUT2D eigenvalue weighted by Gasteiger charge is 2.19. The molecular formula is C77H132O6. The molecule has 0 bridgehead atoms. The van der Waals surface area contributed by atoms with E-state index in [0.717, 1.165) is 122 Å². The Balaban J connectivity index is 4.35. The van der Waals surface area contributed by atoms with Crippen LogP contribution in [0.4, 0.5) is 0 Å². The van der Waals surface area contributed by atoms with Crippen LogP contribution >= 0.6 is 0 Å². The lowest BCUT2D eigenvalue weighted by molar-refractivity contribution is -0.167. The molecule has 0 aliphatic rings. The summed E-state index contributed by atoms with van der Waals surface area (Å²) in [7, 11) is 0. The van der Waals surface area contributed by atoms with Crippen LogP contribution in [0.3, 0.4) is 0 Å². The van der Waals surface area contributed by atoms with E-state index in [2.05, 4.69) is 130 Å². The zero-order valence-electron chi connectivity index (χ0n) is 54.7. The van der Waals surface area contributed by atoms with Crippen molar-refractivity contribution in [2.24, 2.45) is 0 Å². The van der Waals surface area contributed by atoms with Crippen LogP contribution < -0.4 is 0 Å². The molecule has 0 aromatic heterocycles. The highest BCUT2D eigenvalue weighted by Crippen LogP contribution is 2.17. The Morgan fingerprint density at radius 1 is 0.253 bits per heavy atom. The van der Waals surface area contributed by atoms with Gasteiger partial charge < -0.3 is 14.2 Å². The van der Waals surface area contributed by atoms with Gasteiger partial charge >= 0.3 is 17.9 Å². The van der Waals surface area contributed by atoms with Gasteiger partial charge in [-0.05, 0) is 103 Å². The number of allylic oxidation sites excluding steroid dienone is 18. The fourth-order valence-electron chi connectivity index (χ4n) is 10.1. The van der Waals surface area contributed by atoms with Crippen LogP contribution in [0.5, 0.6) is 0 Å². The topological polar surface area (TPSA) is 78.9 Å². The molecule has 83 heavy (non-hydrogen) atoms. The first-order chi connectivity index (χ1) is 41.0. The molecule has 0 aliphatic carbocycles. The third-order valence-corrected chi connectivity index (χ3v) is 15.3. The minimum atomic E-state index is -0.786. The number of carbonyl (C=O) groups is 3. The van der Waals surface area contributed by atoms with E-state index in [0.29, 0.717) is 19.3 Å². The average molecular weight is 1150 g/mol. The van der Waals surface area contributed by atoms with Gasteiger partial charge in [-0.25, -0.2) is 0 Å². The molecule has 0 heterocycles. The molecule has 0 radical (unpaired) electrons. The highest BCUT2D eigenvalue weighted by atomic mass is 16.6. The Hall–Kier alpha value is -3.93. The third-order valence-electron chi connectivity index (χ3n) is 15.3. The van der Waals surface area contributed by atoms with Gasteiger partial charge in [-0.2, -0.15) is 0 Å². The SMILES string of the molecule is CC/C=C\C/C=C\C/C=C\C/C=C\C/C=C\CCCCCCCCCCCCCC(=O)OCC(COC(=O)CCCCCCCCCCCCCCCCCCC)OC(=O)CCCCCCCCCC/C=C\C/C=C\C/C=C\C/C=C\CC. The summed E-state index contributed by atoms with van der Waals surface area (Å²) in [4.78, 5) is 38.5. The minimum Gasteiger partial charge on any atom is -0.462 e. The summed E-state index contributed by atoms with van der Waals surface area (Å²) < 4.78 is 17.0. The Labute approximate surface area is 514 Å². The molecule has 0 fully saturated rings. The number of hydrogen-bond acceptors (Lipinski definition) is 6. The summed E-state index contributed by atoms with van der Waals surface area (Å²) in [6.45, 7) is 6.45. The van der Waals surface area contributed by atoms with E-state index in [-0.39, 0.29) is 31.1 Å². The molecule has 6 nitrogen and oxygen atoms in total. The number of esters is 3. The van der Waals surface area contributed by atoms with E-state index in [1.54, 1.807) is 0 Å². The number of carbonyl (C=O) groups excluding carboxylic acids is 3. The van der Waals surface area contributed by atoms with Crippen molar-refractivity contribution in [2.75, 3.05) is 13.2 Å². The fourth-order valence-corrected chi connectivity index (χ4v) is 10.1. The number of unbranched alkanes of at least 4 members (excludes halogenated alkanes) is 35. The summed E-state index contributed by atoms with van der Waals surface area (Å²) in [5, 5.41) is 0. The first-order valence-electron chi connectivity index (χ1n) is 35.4. The van der Waals surface area contributed by atoms with E-state index in [9.17, 15) is 14.4 Å². The smallest absolute Gasteiger partial charge is 0.306 e. The van der Waals surface area contributed by atoms with Gasteiger partial charge in [0.1, 0.15) is 13.2 Å². The van der Waals surface area contributed by atoms with Crippen LogP contribution in [0.2, 0.25) is 0 Å². The molecule has 0 rings (SSSR count). The van der Waals surface area contributed by atoms with Gasteiger partial charge in [0.05, 0.1) is 0 Å². The normalized spacial score (nSPS) is 12.8. The fraction of sp³-hybridized carbons (Fsp3) is 0.727. The number of hydrogen-bond donors (Lipinski definition) is 0. The highest BCUT2D eigenvalue weighted by molar-refractivity contribution is 5.71. The lowest BCUT2D eigenvalue weighted by atomic mass is 10.0. The van der Waals surface area contributed by atoms with Crippen LogP contribution in [-0.2, 0) is 28.6 Å². The van der Waals surface area contributed by atoms with E-state index in [4.69, 9.17) is 14.2 Å². The zero-order valence-corrected chi connectivity index (χ0v) is 54.7. The Morgan fingerprint density at radius 2 is 0.470 bits per heavy atom. The molecule has 0 aromatic rings. The Bertz CT molecular complexity index is 1660. The maximum absolute atomic E-state index is 13.0. The Morgan fingerprint density at radius 3 is 0.735 bits per heavy atom. The number of ether oxygens (including phenoxy) is 3. The van der Waals surface area contributed by atoms with E-state index < -0.39 is 6.10 Å². The van der Waals surface area contributed by atoms with Crippen LogP contribution in [0.1, 0.15) is 342 Å². The first-order valence-corrected chi connectivity index (χ1v) is 35.4. The van der Waals surface area contributed by atoms with Gasteiger partial charge in [-0.1, -0.05) is 329 Å². The molecule has 0 N–H and O–H groups in total. The lowest BCUT2D eigenvalue weighted by Crippen LogP contribution is -2.30. The number of rotatable bonds is 64. The summed E-state index contributed by atoms with van der Waals surface area (Å²) in [6, 6.07) is 0. The molecule has 476 valence electrons. The van der Waals surface area contributed by atoms with Crippen LogP contribution in [0.25, 0.3) is 0 Å². The van der Waals surface area contributed by atoms with Gasteiger partial charge in [-0.15, -0.1) is 0 Å².